The highest BCUT2D eigenvalue weighted by Gasteiger charge is 2.22. The van der Waals surface area contributed by atoms with Crippen molar-refractivity contribution in [3.8, 4) is 17.0 Å². The first-order valence-corrected chi connectivity index (χ1v) is 12.5. The molecule has 4 aromatic rings. The maximum Gasteiger partial charge on any atom is 0.273 e. The van der Waals surface area contributed by atoms with Gasteiger partial charge in [0.1, 0.15) is 15.7 Å². The van der Waals surface area contributed by atoms with Crippen molar-refractivity contribution < 1.29 is 17.9 Å². The second kappa shape index (κ2) is 9.47. The summed E-state index contributed by atoms with van der Waals surface area (Å²) in [4.78, 5) is 12.2. The Morgan fingerprint density at radius 1 is 1.09 bits per heavy atom. The smallest absolute Gasteiger partial charge is 0.273 e. The minimum atomic E-state index is -3.60. The summed E-state index contributed by atoms with van der Waals surface area (Å²) in [6.07, 6.45) is 0. The van der Waals surface area contributed by atoms with Crippen LogP contribution in [-0.4, -0.2) is 37.6 Å². The third-order valence-electron chi connectivity index (χ3n) is 4.50. The number of ether oxygens (including phenoxy) is 1. The van der Waals surface area contributed by atoms with Crippen LogP contribution >= 0.6 is 22.9 Å². The molecular formula is C21H18N4O4S3. The molecule has 2 aromatic heterocycles. The number of thiophene rings is 1. The number of carbonyl (C=O) groups excluding carboxylic acids is 1. The molecule has 1 amide bonds. The van der Waals surface area contributed by atoms with E-state index in [4.69, 9.17) is 4.74 Å². The van der Waals surface area contributed by atoms with Crippen molar-refractivity contribution in [1.82, 2.24) is 9.59 Å². The first-order chi connectivity index (χ1) is 15.4. The van der Waals surface area contributed by atoms with Gasteiger partial charge in [0.2, 0.25) is 0 Å². The number of nitrogens with zero attached hydrogens (tertiary/aromatic N) is 3. The van der Waals surface area contributed by atoms with E-state index < -0.39 is 10.0 Å². The molecule has 4 rings (SSSR count). The fourth-order valence-corrected chi connectivity index (χ4v) is 5.62. The predicted molar refractivity (Wildman–Crippen MR) is 126 cm³/mol. The van der Waals surface area contributed by atoms with E-state index in [1.807, 2.05) is 17.5 Å². The second-order valence-corrected chi connectivity index (χ2v) is 10.4. The van der Waals surface area contributed by atoms with Crippen LogP contribution in [0.4, 0.5) is 11.4 Å². The number of rotatable bonds is 8. The zero-order valence-electron chi connectivity index (χ0n) is 16.8. The number of nitrogens with one attached hydrogen (secondary N) is 1. The van der Waals surface area contributed by atoms with Gasteiger partial charge < -0.3 is 10.1 Å². The fourth-order valence-electron chi connectivity index (χ4n) is 2.80. The predicted octanol–water partition coefficient (Wildman–Crippen LogP) is 4.11. The average molecular weight is 487 g/mol. The molecule has 0 aliphatic rings. The largest absolute Gasteiger partial charge is 0.484 e. The monoisotopic (exact) mass is 486 g/mol. The van der Waals surface area contributed by atoms with Gasteiger partial charge in [0, 0.05) is 23.7 Å². The van der Waals surface area contributed by atoms with Crippen LogP contribution in [0.15, 0.2) is 75.6 Å². The van der Waals surface area contributed by atoms with Crippen molar-refractivity contribution in [2.24, 2.45) is 0 Å². The molecule has 1 N–H and O–H groups in total. The molecule has 0 spiro atoms. The third-order valence-corrected chi connectivity index (χ3v) is 8.17. The van der Waals surface area contributed by atoms with Gasteiger partial charge in [0.05, 0.1) is 5.69 Å². The molecule has 0 aliphatic heterocycles. The van der Waals surface area contributed by atoms with Crippen LogP contribution in [0.25, 0.3) is 11.3 Å². The summed E-state index contributed by atoms with van der Waals surface area (Å²) < 4.78 is 36.0. The fraction of sp³-hybridized carbons (Fsp3) is 0.0952. The average Bonchev–Trinajstić information content (AvgIpc) is 3.53. The highest BCUT2D eigenvalue weighted by molar-refractivity contribution is 7.94. The van der Waals surface area contributed by atoms with E-state index >= 15 is 0 Å². The highest BCUT2D eigenvalue weighted by atomic mass is 32.2. The van der Waals surface area contributed by atoms with E-state index in [0.717, 1.165) is 22.6 Å². The lowest BCUT2D eigenvalue weighted by atomic mass is 10.1. The number of anilines is 2. The summed E-state index contributed by atoms with van der Waals surface area (Å²) in [7, 11) is -2.10. The lowest BCUT2D eigenvalue weighted by molar-refractivity contribution is -0.118. The molecule has 2 heterocycles. The van der Waals surface area contributed by atoms with Crippen molar-refractivity contribution in [3.63, 3.8) is 0 Å². The maximum atomic E-state index is 12.6. The van der Waals surface area contributed by atoms with Crippen molar-refractivity contribution in [3.05, 3.63) is 71.4 Å². The molecular weight excluding hydrogens is 468 g/mol. The molecule has 32 heavy (non-hydrogen) atoms. The molecule has 0 aliphatic carbocycles. The van der Waals surface area contributed by atoms with Gasteiger partial charge in [0.15, 0.2) is 6.61 Å². The van der Waals surface area contributed by atoms with Crippen LogP contribution in [0.1, 0.15) is 0 Å². The zero-order chi connectivity index (χ0) is 22.6. The number of amides is 1. The summed E-state index contributed by atoms with van der Waals surface area (Å²) in [6, 6.07) is 17.0. The minimum Gasteiger partial charge on any atom is -0.484 e. The van der Waals surface area contributed by atoms with Gasteiger partial charge in [-0.15, -0.1) is 16.4 Å². The van der Waals surface area contributed by atoms with Gasteiger partial charge in [-0.25, -0.2) is 8.42 Å². The summed E-state index contributed by atoms with van der Waals surface area (Å²) in [5, 5.41) is 10.3. The summed E-state index contributed by atoms with van der Waals surface area (Å²) in [5.74, 6) is 0.145. The Balaban J connectivity index is 1.31. The van der Waals surface area contributed by atoms with E-state index in [9.17, 15) is 13.2 Å². The van der Waals surface area contributed by atoms with Gasteiger partial charge in [-0.1, -0.05) is 22.7 Å². The van der Waals surface area contributed by atoms with Gasteiger partial charge in [0.25, 0.3) is 15.9 Å². The van der Waals surface area contributed by atoms with Crippen LogP contribution in [0.3, 0.4) is 0 Å². The molecule has 0 atom stereocenters. The molecule has 164 valence electrons. The Morgan fingerprint density at radius 3 is 2.47 bits per heavy atom. The SMILES string of the molecule is CN(c1ccc(OCC(=O)Nc2ccc(-c3csnn3)cc2)cc1)S(=O)(=O)c1cccs1. The van der Waals surface area contributed by atoms with Crippen LogP contribution < -0.4 is 14.4 Å². The standard InChI is InChI=1S/C21H18N4O4S3/c1-25(32(27,28)21-3-2-12-30-21)17-8-10-18(11-9-17)29-13-20(26)22-16-6-4-15(5-7-16)19-14-31-24-23-19/h2-12,14H,13H2,1H3,(H,22,26). The van der Waals surface area contributed by atoms with E-state index in [2.05, 4.69) is 14.9 Å². The second-order valence-electron chi connectivity index (χ2n) is 6.60. The van der Waals surface area contributed by atoms with Crippen LogP contribution in [0.2, 0.25) is 0 Å². The summed E-state index contributed by atoms with van der Waals surface area (Å²) in [6.45, 7) is -0.180. The van der Waals surface area contributed by atoms with Gasteiger partial charge in [-0.05, 0) is 59.4 Å². The highest BCUT2D eigenvalue weighted by Crippen LogP contribution is 2.26. The quantitative estimate of drug-likeness (QED) is 0.402. The number of hydrogen-bond donors (Lipinski definition) is 1. The van der Waals surface area contributed by atoms with Crippen LogP contribution in [-0.2, 0) is 14.8 Å². The molecule has 0 radical (unpaired) electrons. The maximum absolute atomic E-state index is 12.6. The first-order valence-electron chi connectivity index (χ1n) is 9.36. The Hall–Kier alpha value is -3.28. The number of aromatic nitrogens is 2. The normalized spacial score (nSPS) is 11.2. The van der Waals surface area contributed by atoms with Gasteiger partial charge in [-0.3, -0.25) is 9.10 Å². The molecule has 0 saturated carbocycles. The number of sulfonamides is 1. The van der Waals surface area contributed by atoms with E-state index in [1.54, 1.807) is 53.9 Å². The van der Waals surface area contributed by atoms with Gasteiger partial charge in [-0.2, -0.15) is 0 Å². The molecule has 2 aromatic carbocycles. The molecule has 8 nitrogen and oxygen atoms in total. The van der Waals surface area contributed by atoms with Gasteiger partial charge >= 0.3 is 0 Å². The molecule has 0 bridgehead atoms. The number of hydrogen-bond acceptors (Lipinski definition) is 8. The molecule has 0 unspecified atom stereocenters. The molecule has 0 fully saturated rings. The summed E-state index contributed by atoms with van der Waals surface area (Å²) >= 11 is 2.44. The van der Waals surface area contributed by atoms with Crippen molar-refractivity contribution in [2.75, 3.05) is 23.3 Å². The van der Waals surface area contributed by atoms with Crippen molar-refractivity contribution >= 4 is 50.2 Å². The zero-order valence-corrected chi connectivity index (χ0v) is 19.3. The Morgan fingerprint density at radius 2 is 1.84 bits per heavy atom. The first kappa shape index (κ1) is 21.9. The van der Waals surface area contributed by atoms with Crippen molar-refractivity contribution in [1.29, 1.82) is 0 Å². The Kier molecular flexibility index (Phi) is 6.49. The van der Waals surface area contributed by atoms with E-state index in [-0.39, 0.29) is 16.7 Å². The minimum absolute atomic E-state index is 0.180. The lowest BCUT2D eigenvalue weighted by Gasteiger charge is -2.18. The van der Waals surface area contributed by atoms with E-state index in [1.165, 1.54) is 22.9 Å². The Labute approximate surface area is 193 Å². The topological polar surface area (TPSA) is 101 Å². The summed E-state index contributed by atoms with van der Waals surface area (Å²) in [5.41, 5.74) is 2.83. The van der Waals surface area contributed by atoms with Crippen molar-refractivity contribution in [2.45, 2.75) is 4.21 Å². The number of benzene rings is 2. The Bertz CT molecular complexity index is 1270. The number of carbonyl (C=O) groups is 1. The van der Waals surface area contributed by atoms with Crippen LogP contribution in [0.5, 0.6) is 5.75 Å². The van der Waals surface area contributed by atoms with Crippen LogP contribution in [0, 0.1) is 0 Å². The van der Waals surface area contributed by atoms with E-state index in [0.29, 0.717) is 17.1 Å². The molecule has 11 heteroatoms. The lowest BCUT2D eigenvalue weighted by Crippen LogP contribution is -2.25. The molecule has 0 saturated heterocycles. The third kappa shape index (κ3) is 4.96.